The zero-order chi connectivity index (χ0) is 21.7. The molecule has 8 heteroatoms. The molecule has 0 radical (unpaired) electrons. The number of halogens is 3. The molecule has 0 aliphatic rings. The second kappa shape index (κ2) is 8.96. The van der Waals surface area contributed by atoms with Crippen molar-refractivity contribution in [1.29, 1.82) is 0 Å². The van der Waals surface area contributed by atoms with Gasteiger partial charge in [-0.15, -0.1) is 0 Å². The molecule has 0 saturated heterocycles. The molecular weight excluding hydrogens is 395 g/mol. The summed E-state index contributed by atoms with van der Waals surface area (Å²) in [5.74, 6) is -0.908. The molecule has 3 rings (SSSR count). The molecular formula is C22H21F3N3O2+. The summed E-state index contributed by atoms with van der Waals surface area (Å²) in [7, 11) is 1.62. The monoisotopic (exact) mass is 416 g/mol. The maximum atomic E-state index is 13.0. The number of rotatable bonds is 6. The van der Waals surface area contributed by atoms with Crippen molar-refractivity contribution >= 4 is 34.0 Å². The van der Waals surface area contributed by atoms with Crippen molar-refractivity contribution in [3.63, 3.8) is 0 Å². The zero-order valence-electron chi connectivity index (χ0n) is 16.2. The number of carbonyl (C=O) groups is 2. The Hall–Kier alpha value is -3.39. The van der Waals surface area contributed by atoms with Crippen LogP contribution in [-0.4, -0.2) is 32.0 Å². The van der Waals surface area contributed by atoms with Crippen LogP contribution in [0.1, 0.15) is 5.56 Å². The molecule has 1 unspecified atom stereocenters. The lowest BCUT2D eigenvalue weighted by molar-refractivity contribution is -0.862. The van der Waals surface area contributed by atoms with Crippen molar-refractivity contribution in [3.8, 4) is 0 Å². The second-order valence-electron chi connectivity index (χ2n) is 7.01. The molecule has 0 spiro atoms. The predicted molar refractivity (Wildman–Crippen MR) is 109 cm³/mol. The lowest BCUT2D eigenvalue weighted by Gasteiger charge is -2.16. The highest BCUT2D eigenvalue weighted by molar-refractivity contribution is 5.95. The van der Waals surface area contributed by atoms with Gasteiger partial charge < -0.3 is 15.5 Å². The number of benzene rings is 3. The average molecular weight is 416 g/mol. The summed E-state index contributed by atoms with van der Waals surface area (Å²) in [4.78, 5) is 25.0. The van der Waals surface area contributed by atoms with Crippen LogP contribution >= 0.6 is 0 Å². The Morgan fingerprint density at radius 2 is 1.43 bits per heavy atom. The summed E-state index contributed by atoms with van der Waals surface area (Å²) in [6.07, 6.45) is -4.57. The molecule has 30 heavy (non-hydrogen) atoms. The van der Waals surface area contributed by atoms with E-state index in [2.05, 4.69) is 10.6 Å². The number of likely N-dealkylation sites (N-methyl/N-ethyl adjacent to an activating group) is 1. The van der Waals surface area contributed by atoms with Gasteiger partial charge in [0.1, 0.15) is 0 Å². The Morgan fingerprint density at radius 3 is 2.13 bits per heavy atom. The third-order valence-corrected chi connectivity index (χ3v) is 4.46. The molecule has 156 valence electrons. The highest BCUT2D eigenvalue weighted by atomic mass is 19.4. The first-order valence-corrected chi connectivity index (χ1v) is 9.28. The zero-order valence-corrected chi connectivity index (χ0v) is 16.2. The summed E-state index contributed by atoms with van der Waals surface area (Å²) < 4.78 is 39.1. The number of alkyl halides is 3. The fraction of sp³-hybridized carbons (Fsp3) is 0.182. The Bertz CT molecular complexity index is 1070. The molecule has 1 atom stereocenters. The minimum absolute atomic E-state index is 0.0127. The van der Waals surface area contributed by atoms with Crippen LogP contribution in [0, 0.1) is 0 Å². The summed E-state index contributed by atoms with van der Waals surface area (Å²) in [5, 5.41) is 7.09. The molecule has 2 amide bonds. The Balaban J connectivity index is 1.55. The van der Waals surface area contributed by atoms with Crippen molar-refractivity contribution < 1.29 is 27.7 Å². The van der Waals surface area contributed by atoms with E-state index in [9.17, 15) is 22.8 Å². The number of carbonyl (C=O) groups excluding carboxylic acids is 2. The minimum Gasteiger partial charge on any atom is -0.322 e. The summed E-state index contributed by atoms with van der Waals surface area (Å²) in [5.41, 5.74) is -0.580. The summed E-state index contributed by atoms with van der Waals surface area (Å²) in [6.45, 7) is -0.168. The van der Waals surface area contributed by atoms with Gasteiger partial charge in [-0.1, -0.05) is 42.5 Å². The average Bonchev–Trinajstić information content (AvgIpc) is 2.67. The van der Waals surface area contributed by atoms with Crippen LogP contribution in [0.2, 0.25) is 0 Å². The normalized spacial score (nSPS) is 12.4. The molecule has 0 aromatic heterocycles. The van der Waals surface area contributed by atoms with Crippen LogP contribution in [0.3, 0.4) is 0 Å². The van der Waals surface area contributed by atoms with Gasteiger partial charge in [-0.25, -0.2) is 0 Å². The highest BCUT2D eigenvalue weighted by Crippen LogP contribution is 2.34. The number of nitrogens with one attached hydrogen (secondary N) is 3. The first-order chi connectivity index (χ1) is 14.2. The third kappa shape index (κ3) is 5.57. The van der Waals surface area contributed by atoms with Crippen LogP contribution in [0.5, 0.6) is 0 Å². The van der Waals surface area contributed by atoms with Gasteiger partial charge >= 0.3 is 6.18 Å². The first kappa shape index (κ1) is 21.3. The van der Waals surface area contributed by atoms with Gasteiger partial charge in [0.15, 0.2) is 13.1 Å². The number of hydrogen-bond donors (Lipinski definition) is 3. The van der Waals surface area contributed by atoms with Crippen LogP contribution in [0.4, 0.5) is 24.5 Å². The van der Waals surface area contributed by atoms with Crippen LogP contribution in [0.25, 0.3) is 10.8 Å². The van der Waals surface area contributed by atoms with Gasteiger partial charge in [0, 0.05) is 5.69 Å². The predicted octanol–water partition coefficient (Wildman–Crippen LogP) is 2.95. The molecule has 3 aromatic carbocycles. The fourth-order valence-corrected chi connectivity index (χ4v) is 3.12. The van der Waals surface area contributed by atoms with Gasteiger partial charge in [-0.2, -0.15) is 13.2 Å². The van der Waals surface area contributed by atoms with E-state index in [4.69, 9.17) is 0 Å². The molecule has 0 saturated carbocycles. The van der Waals surface area contributed by atoms with Gasteiger partial charge in [-0.05, 0) is 35.0 Å². The maximum Gasteiger partial charge on any atom is 0.418 e. The van der Waals surface area contributed by atoms with E-state index in [0.29, 0.717) is 10.6 Å². The molecule has 0 aliphatic carbocycles. The van der Waals surface area contributed by atoms with E-state index in [1.807, 2.05) is 36.4 Å². The quantitative estimate of drug-likeness (QED) is 0.579. The number of para-hydroxylation sites is 1. The van der Waals surface area contributed by atoms with Crippen LogP contribution in [-0.2, 0) is 15.8 Å². The molecule has 0 bridgehead atoms. The van der Waals surface area contributed by atoms with E-state index in [0.717, 1.165) is 16.8 Å². The minimum atomic E-state index is -4.57. The second-order valence-corrected chi connectivity index (χ2v) is 7.01. The Labute approximate surface area is 171 Å². The number of quaternary nitrogens is 1. The molecule has 0 heterocycles. The van der Waals surface area contributed by atoms with Crippen LogP contribution in [0.15, 0.2) is 66.7 Å². The van der Waals surface area contributed by atoms with E-state index in [1.54, 1.807) is 13.1 Å². The third-order valence-electron chi connectivity index (χ3n) is 4.46. The topological polar surface area (TPSA) is 62.6 Å². The lowest BCUT2D eigenvalue weighted by Crippen LogP contribution is -3.11. The van der Waals surface area contributed by atoms with E-state index in [-0.39, 0.29) is 24.7 Å². The van der Waals surface area contributed by atoms with Gasteiger partial charge in [-0.3, -0.25) is 9.59 Å². The van der Waals surface area contributed by atoms with Crippen molar-refractivity contribution in [2.45, 2.75) is 6.18 Å². The van der Waals surface area contributed by atoms with Gasteiger partial charge in [0.25, 0.3) is 11.8 Å². The highest BCUT2D eigenvalue weighted by Gasteiger charge is 2.33. The summed E-state index contributed by atoms with van der Waals surface area (Å²) in [6, 6.07) is 18.0. The van der Waals surface area contributed by atoms with Crippen molar-refractivity contribution in [2.24, 2.45) is 0 Å². The van der Waals surface area contributed by atoms with Crippen molar-refractivity contribution in [1.82, 2.24) is 0 Å². The molecule has 3 N–H and O–H groups in total. The SMILES string of the molecule is C[NH+](CC(=O)Nc1ccc2ccccc2c1)CC(=O)Nc1ccccc1C(F)(F)F. The van der Waals surface area contributed by atoms with E-state index >= 15 is 0 Å². The maximum absolute atomic E-state index is 13.0. The number of fused-ring (bicyclic) bond motifs is 1. The molecule has 3 aromatic rings. The van der Waals surface area contributed by atoms with Gasteiger partial charge in [0.05, 0.1) is 18.3 Å². The number of anilines is 2. The molecule has 0 fully saturated rings. The fourth-order valence-electron chi connectivity index (χ4n) is 3.12. The first-order valence-electron chi connectivity index (χ1n) is 9.28. The van der Waals surface area contributed by atoms with E-state index < -0.39 is 17.6 Å². The Morgan fingerprint density at radius 1 is 0.833 bits per heavy atom. The number of amides is 2. The lowest BCUT2D eigenvalue weighted by atomic mass is 10.1. The van der Waals surface area contributed by atoms with Crippen molar-refractivity contribution in [2.75, 3.05) is 30.8 Å². The largest absolute Gasteiger partial charge is 0.418 e. The smallest absolute Gasteiger partial charge is 0.322 e. The van der Waals surface area contributed by atoms with Crippen LogP contribution < -0.4 is 15.5 Å². The Kier molecular flexibility index (Phi) is 6.37. The van der Waals surface area contributed by atoms with E-state index in [1.165, 1.54) is 18.2 Å². The standard InChI is InChI=1S/C22H20F3N3O2/c1-28(14-21(30)27-19-9-5-4-8-18(19)22(23,24)25)13-20(29)26-17-11-10-15-6-2-3-7-16(15)12-17/h2-12H,13-14H2,1H3,(H,26,29)(H,27,30)/p+1. The van der Waals surface area contributed by atoms with Gasteiger partial charge in [0.2, 0.25) is 0 Å². The number of hydrogen-bond acceptors (Lipinski definition) is 2. The summed E-state index contributed by atoms with van der Waals surface area (Å²) >= 11 is 0. The molecule has 5 nitrogen and oxygen atoms in total. The van der Waals surface area contributed by atoms with Crippen molar-refractivity contribution in [3.05, 3.63) is 72.3 Å². The molecule has 0 aliphatic heterocycles.